The zero-order valence-electron chi connectivity index (χ0n) is 11.1. The number of nitriles is 1. The lowest BCUT2D eigenvalue weighted by molar-refractivity contribution is -0.154. The molecule has 1 N–H and O–H groups in total. The zero-order chi connectivity index (χ0) is 14.1. The van der Waals surface area contributed by atoms with Crippen molar-refractivity contribution in [3.05, 3.63) is 0 Å². The van der Waals surface area contributed by atoms with Crippen LogP contribution in [0.5, 0.6) is 0 Å². The van der Waals surface area contributed by atoms with Crippen LogP contribution in [0, 0.1) is 11.3 Å². The van der Waals surface area contributed by atoms with E-state index in [0.717, 1.165) is 32.1 Å². The summed E-state index contributed by atoms with van der Waals surface area (Å²) >= 11 is 0. The standard InChI is InChI=1S/C13H20F3N3/c1-18-12(8-17)6-2-3-11(7-12)19(10-4-5-10)9-13(14,15)16/h10-11,18H,2-7,9H2,1H3. The molecule has 3 nitrogen and oxygen atoms in total. The lowest BCUT2D eigenvalue weighted by atomic mass is 9.79. The first-order chi connectivity index (χ1) is 8.89. The normalized spacial score (nSPS) is 32.3. The summed E-state index contributed by atoms with van der Waals surface area (Å²) in [6, 6.07) is 2.19. The number of hydrogen-bond acceptors (Lipinski definition) is 3. The van der Waals surface area contributed by atoms with E-state index >= 15 is 0 Å². The maximum absolute atomic E-state index is 12.7. The van der Waals surface area contributed by atoms with Gasteiger partial charge in [0.05, 0.1) is 12.6 Å². The number of halogens is 3. The highest BCUT2D eigenvalue weighted by atomic mass is 19.4. The molecular formula is C13H20F3N3. The minimum atomic E-state index is -4.16. The predicted octanol–water partition coefficient (Wildman–Crippen LogP) is 2.44. The van der Waals surface area contributed by atoms with E-state index in [4.69, 9.17) is 0 Å². The van der Waals surface area contributed by atoms with Gasteiger partial charge in [-0.1, -0.05) is 0 Å². The Morgan fingerprint density at radius 1 is 1.32 bits per heavy atom. The van der Waals surface area contributed by atoms with Crippen LogP contribution in [-0.2, 0) is 0 Å². The SMILES string of the molecule is CNC1(C#N)CCCC(N(CC(F)(F)F)C2CC2)C1. The fourth-order valence-corrected chi connectivity index (χ4v) is 3.08. The molecule has 2 rings (SSSR count). The fraction of sp³-hybridized carbons (Fsp3) is 0.923. The maximum Gasteiger partial charge on any atom is 0.401 e. The number of hydrogen-bond donors (Lipinski definition) is 1. The van der Waals surface area contributed by atoms with E-state index in [1.54, 1.807) is 11.9 Å². The van der Waals surface area contributed by atoms with E-state index < -0.39 is 18.3 Å². The molecule has 2 aliphatic carbocycles. The monoisotopic (exact) mass is 275 g/mol. The van der Waals surface area contributed by atoms with Crippen molar-refractivity contribution >= 4 is 0 Å². The molecule has 19 heavy (non-hydrogen) atoms. The van der Waals surface area contributed by atoms with E-state index in [2.05, 4.69) is 11.4 Å². The molecule has 0 aromatic carbocycles. The summed E-state index contributed by atoms with van der Waals surface area (Å²) in [6.45, 7) is -0.840. The Hall–Kier alpha value is -0.800. The molecule has 0 spiro atoms. The summed E-state index contributed by atoms with van der Waals surface area (Å²) < 4.78 is 38.0. The molecule has 0 saturated heterocycles. The molecule has 2 saturated carbocycles. The third kappa shape index (κ3) is 3.61. The van der Waals surface area contributed by atoms with Crippen molar-refractivity contribution < 1.29 is 13.2 Å². The van der Waals surface area contributed by atoms with Crippen molar-refractivity contribution in [2.24, 2.45) is 0 Å². The number of rotatable bonds is 4. The van der Waals surface area contributed by atoms with Gasteiger partial charge in [0.2, 0.25) is 0 Å². The van der Waals surface area contributed by atoms with Crippen LogP contribution in [0.15, 0.2) is 0 Å². The average molecular weight is 275 g/mol. The molecule has 0 radical (unpaired) electrons. The van der Waals surface area contributed by atoms with E-state index in [1.807, 2.05) is 0 Å². The average Bonchev–Trinajstić information content (AvgIpc) is 3.19. The minimum Gasteiger partial charge on any atom is -0.302 e. The Kier molecular flexibility index (Phi) is 4.07. The molecule has 108 valence electrons. The highest BCUT2D eigenvalue weighted by Crippen LogP contribution is 2.38. The van der Waals surface area contributed by atoms with Gasteiger partial charge in [0.25, 0.3) is 0 Å². The number of nitrogens with one attached hydrogen (secondary N) is 1. The summed E-state index contributed by atoms with van der Waals surface area (Å²) in [4.78, 5) is 1.59. The number of alkyl halides is 3. The lowest BCUT2D eigenvalue weighted by Crippen LogP contribution is -2.53. The van der Waals surface area contributed by atoms with Crippen LogP contribution in [-0.4, -0.2) is 42.3 Å². The van der Waals surface area contributed by atoms with Gasteiger partial charge in [0, 0.05) is 12.1 Å². The van der Waals surface area contributed by atoms with Crippen LogP contribution >= 0.6 is 0 Å². The van der Waals surface area contributed by atoms with Crippen molar-refractivity contribution in [1.82, 2.24) is 10.2 Å². The van der Waals surface area contributed by atoms with Gasteiger partial charge >= 0.3 is 6.18 Å². The molecular weight excluding hydrogens is 255 g/mol. The van der Waals surface area contributed by atoms with Crippen LogP contribution < -0.4 is 5.32 Å². The van der Waals surface area contributed by atoms with Crippen LogP contribution in [0.25, 0.3) is 0 Å². The Morgan fingerprint density at radius 2 is 2.00 bits per heavy atom. The second-order valence-electron chi connectivity index (χ2n) is 5.71. The third-order valence-electron chi connectivity index (χ3n) is 4.26. The molecule has 2 fully saturated rings. The molecule has 0 aromatic heterocycles. The van der Waals surface area contributed by atoms with Crippen molar-refractivity contribution in [2.75, 3.05) is 13.6 Å². The van der Waals surface area contributed by atoms with Crippen LogP contribution in [0.1, 0.15) is 38.5 Å². The molecule has 0 bridgehead atoms. The van der Waals surface area contributed by atoms with Gasteiger partial charge in [0.15, 0.2) is 0 Å². The summed E-state index contributed by atoms with van der Waals surface area (Å²) in [5, 5.41) is 12.3. The molecule has 0 aliphatic heterocycles. The van der Waals surface area contributed by atoms with Crippen molar-refractivity contribution in [1.29, 1.82) is 5.26 Å². The molecule has 0 aromatic rings. The van der Waals surface area contributed by atoms with Crippen LogP contribution in [0.2, 0.25) is 0 Å². The topological polar surface area (TPSA) is 39.1 Å². The molecule has 2 unspecified atom stereocenters. The van der Waals surface area contributed by atoms with Gasteiger partial charge in [0.1, 0.15) is 5.54 Å². The first-order valence-electron chi connectivity index (χ1n) is 6.82. The van der Waals surface area contributed by atoms with Gasteiger partial charge < -0.3 is 5.32 Å². The maximum atomic E-state index is 12.7. The van der Waals surface area contributed by atoms with Gasteiger partial charge in [-0.15, -0.1) is 0 Å². The van der Waals surface area contributed by atoms with Gasteiger partial charge in [-0.2, -0.15) is 18.4 Å². The third-order valence-corrected chi connectivity index (χ3v) is 4.26. The van der Waals surface area contributed by atoms with Crippen molar-refractivity contribution in [2.45, 2.75) is 62.3 Å². The summed E-state index contributed by atoms with van der Waals surface area (Å²) in [5.74, 6) is 0. The minimum absolute atomic E-state index is 0.0676. The van der Waals surface area contributed by atoms with Crippen molar-refractivity contribution in [3.63, 3.8) is 0 Å². The molecule has 0 amide bonds. The first-order valence-corrected chi connectivity index (χ1v) is 6.82. The Morgan fingerprint density at radius 3 is 2.47 bits per heavy atom. The van der Waals surface area contributed by atoms with Gasteiger partial charge in [-0.3, -0.25) is 4.90 Å². The molecule has 6 heteroatoms. The smallest absolute Gasteiger partial charge is 0.302 e. The van der Waals surface area contributed by atoms with Gasteiger partial charge in [-0.25, -0.2) is 0 Å². The van der Waals surface area contributed by atoms with Crippen LogP contribution in [0.3, 0.4) is 0 Å². The highest BCUT2D eigenvalue weighted by Gasteiger charge is 2.45. The second-order valence-corrected chi connectivity index (χ2v) is 5.71. The zero-order valence-corrected chi connectivity index (χ0v) is 11.1. The van der Waals surface area contributed by atoms with Gasteiger partial charge in [-0.05, 0) is 45.6 Å². The van der Waals surface area contributed by atoms with E-state index in [9.17, 15) is 18.4 Å². The molecule has 0 heterocycles. The van der Waals surface area contributed by atoms with E-state index in [-0.39, 0.29) is 12.1 Å². The highest BCUT2D eigenvalue weighted by molar-refractivity contribution is 5.11. The molecule has 2 atom stereocenters. The second kappa shape index (κ2) is 5.29. The Bertz CT molecular complexity index is 359. The molecule has 2 aliphatic rings. The summed E-state index contributed by atoms with van der Waals surface area (Å²) in [6.07, 6.45) is 0.331. The van der Waals surface area contributed by atoms with E-state index in [0.29, 0.717) is 6.42 Å². The summed E-state index contributed by atoms with van der Waals surface area (Å²) in [7, 11) is 1.72. The Labute approximate surface area is 111 Å². The summed E-state index contributed by atoms with van der Waals surface area (Å²) in [5.41, 5.74) is -0.651. The van der Waals surface area contributed by atoms with Crippen LogP contribution in [0.4, 0.5) is 13.2 Å². The predicted molar refractivity (Wildman–Crippen MR) is 65.4 cm³/mol. The lowest BCUT2D eigenvalue weighted by Gasteiger charge is -2.41. The fourth-order valence-electron chi connectivity index (χ4n) is 3.08. The quantitative estimate of drug-likeness (QED) is 0.856. The van der Waals surface area contributed by atoms with E-state index in [1.165, 1.54) is 0 Å². The first kappa shape index (κ1) is 14.6. The Balaban J connectivity index is 2.07. The van der Waals surface area contributed by atoms with Crippen molar-refractivity contribution in [3.8, 4) is 6.07 Å². The number of nitrogens with zero attached hydrogens (tertiary/aromatic N) is 2. The largest absolute Gasteiger partial charge is 0.401 e.